The molecule has 1 N–H and O–H groups in total. The fraction of sp³-hybridized carbons (Fsp3) is 0.263. The minimum absolute atomic E-state index is 0.257. The van der Waals surface area contributed by atoms with Crippen molar-refractivity contribution in [1.29, 1.82) is 0 Å². The molecule has 0 saturated heterocycles. The van der Waals surface area contributed by atoms with Crippen molar-refractivity contribution in [3.8, 4) is 0 Å². The smallest absolute Gasteiger partial charge is 0.338 e. The minimum atomic E-state index is -0.497. The first-order valence-corrected chi connectivity index (χ1v) is 9.36. The van der Waals surface area contributed by atoms with Gasteiger partial charge < -0.3 is 10.1 Å². The second kappa shape index (κ2) is 10.1. The van der Waals surface area contributed by atoms with Gasteiger partial charge in [0.15, 0.2) is 6.61 Å². The van der Waals surface area contributed by atoms with Crippen LogP contribution in [0.25, 0.3) is 0 Å². The third-order valence-electron chi connectivity index (χ3n) is 3.32. The summed E-state index contributed by atoms with van der Waals surface area (Å²) in [6, 6.07) is 14.9. The van der Waals surface area contributed by atoms with Crippen molar-refractivity contribution >= 4 is 35.2 Å². The second-order valence-electron chi connectivity index (χ2n) is 5.37. The van der Waals surface area contributed by atoms with E-state index >= 15 is 0 Å². The molecule has 0 radical (unpaired) electrons. The number of nitrogens with one attached hydrogen (secondary N) is 1. The van der Waals surface area contributed by atoms with Crippen LogP contribution in [0.2, 0.25) is 5.02 Å². The van der Waals surface area contributed by atoms with Crippen LogP contribution in [0.1, 0.15) is 29.3 Å². The maximum absolute atomic E-state index is 11.9. The zero-order valence-electron chi connectivity index (χ0n) is 14.0. The first-order chi connectivity index (χ1) is 12.1. The molecule has 0 heterocycles. The van der Waals surface area contributed by atoms with Crippen molar-refractivity contribution in [2.45, 2.75) is 24.0 Å². The van der Waals surface area contributed by atoms with E-state index in [-0.39, 0.29) is 12.5 Å². The van der Waals surface area contributed by atoms with E-state index in [0.717, 1.165) is 27.7 Å². The lowest BCUT2D eigenvalue weighted by Crippen LogP contribution is -2.29. The molecule has 0 fully saturated rings. The molecule has 0 saturated carbocycles. The van der Waals surface area contributed by atoms with Gasteiger partial charge in [-0.2, -0.15) is 0 Å². The molecule has 0 bridgehead atoms. The highest BCUT2D eigenvalue weighted by Gasteiger charge is 2.09. The Labute approximate surface area is 156 Å². The molecule has 2 aromatic rings. The molecule has 0 atom stereocenters. The zero-order chi connectivity index (χ0) is 18.1. The van der Waals surface area contributed by atoms with Gasteiger partial charge in [0.2, 0.25) is 0 Å². The van der Waals surface area contributed by atoms with Gasteiger partial charge in [0.25, 0.3) is 5.91 Å². The highest BCUT2D eigenvalue weighted by atomic mass is 35.5. The van der Waals surface area contributed by atoms with Crippen LogP contribution in [-0.2, 0) is 15.3 Å². The Bertz CT molecular complexity index is 702. The lowest BCUT2D eigenvalue weighted by atomic mass is 10.1. The SMILES string of the molecule is CCCNC(=O)COC(=O)c1ccc(CSc2ccc(Cl)cc2)cc1. The fourth-order valence-electron chi connectivity index (χ4n) is 1.96. The van der Waals surface area contributed by atoms with Crippen molar-refractivity contribution in [1.82, 2.24) is 5.32 Å². The van der Waals surface area contributed by atoms with Gasteiger partial charge in [-0.3, -0.25) is 4.79 Å². The fourth-order valence-corrected chi connectivity index (χ4v) is 2.94. The third-order valence-corrected chi connectivity index (χ3v) is 4.65. The predicted molar refractivity (Wildman–Crippen MR) is 101 cm³/mol. The van der Waals surface area contributed by atoms with E-state index in [9.17, 15) is 9.59 Å². The third kappa shape index (κ3) is 6.80. The van der Waals surface area contributed by atoms with Crippen molar-refractivity contribution in [3.63, 3.8) is 0 Å². The van der Waals surface area contributed by atoms with Crippen LogP contribution in [0.3, 0.4) is 0 Å². The van der Waals surface area contributed by atoms with Gasteiger partial charge in [-0.25, -0.2) is 4.79 Å². The molecule has 25 heavy (non-hydrogen) atoms. The number of halogens is 1. The molecule has 0 aliphatic carbocycles. The largest absolute Gasteiger partial charge is 0.452 e. The summed E-state index contributed by atoms with van der Waals surface area (Å²) in [4.78, 5) is 24.5. The van der Waals surface area contributed by atoms with E-state index < -0.39 is 5.97 Å². The van der Waals surface area contributed by atoms with E-state index in [0.29, 0.717) is 12.1 Å². The van der Waals surface area contributed by atoms with Crippen LogP contribution >= 0.6 is 23.4 Å². The van der Waals surface area contributed by atoms with Crippen LogP contribution in [0.4, 0.5) is 0 Å². The first-order valence-electron chi connectivity index (χ1n) is 7.99. The van der Waals surface area contributed by atoms with Crippen LogP contribution in [0.15, 0.2) is 53.4 Å². The summed E-state index contributed by atoms with van der Waals surface area (Å²) < 4.78 is 5.00. The number of hydrogen-bond donors (Lipinski definition) is 1. The Morgan fingerprint density at radius 1 is 1.08 bits per heavy atom. The average Bonchev–Trinajstić information content (AvgIpc) is 2.64. The Kier molecular flexibility index (Phi) is 7.82. The molecule has 6 heteroatoms. The van der Waals surface area contributed by atoms with Gasteiger partial charge in [0, 0.05) is 22.2 Å². The van der Waals surface area contributed by atoms with Gasteiger partial charge in [-0.1, -0.05) is 30.7 Å². The Morgan fingerprint density at radius 3 is 2.40 bits per heavy atom. The van der Waals surface area contributed by atoms with E-state index in [1.165, 1.54) is 0 Å². The zero-order valence-corrected chi connectivity index (χ0v) is 15.5. The van der Waals surface area contributed by atoms with Gasteiger partial charge in [-0.15, -0.1) is 11.8 Å². The Morgan fingerprint density at radius 2 is 1.76 bits per heavy atom. The molecule has 0 aromatic heterocycles. The Balaban J connectivity index is 1.81. The maximum Gasteiger partial charge on any atom is 0.338 e. The van der Waals surface area contributed by atoms with Crippen LogP contribution in [-0.4, -0.2) is 25.0 Å². The van der Waals surface area contributed by atoms with E-state index in [1.807, 2.05) is 43.3 Å². The standard InChI is InChI=1S/C19H20ClNO3S/c1-2-11-21-18(22)12-24-19(23)15-5-3-14(4-6-15)13-25-17-9-7-16(20)8-10-17/h3-10H,2,11-13H2,1H3,(H,21,22). The normalized spacial score (nSPS) is 10.3. The number of benzene rings is 2. The molecular weight excluding hydrogens is 358 g/mol. The summed E-state index contributed by atoms with van der Waals surface area (Å²) in [6.07, 6.45) is 0.842. The highest BCUT2D eigenvalue weighted by Crippen LogP contribution is 2.24. The number of carbonyl (C=O) groups is 2. The first kappa shape index (κ1) is 19.3. The molecule has 2 aromatic carbocycles. The van der Waals surface area contributed by atoms with Crippen LogP contribution in [0, 0.1) is 0 Å². The molecule has 0 aliphatic rings. The van der Waals surface area contributed by atoms with E-state index in [4.69, 9.17) is 16.3 Å². The summed E-state index contributed by atoms with van der Waals surface area (Å²) in [5.41, 5.74) is 1.53. The van der Waals surface area contributed by atoms with Crippen LogP contribution in [0.5, 0.6) is 0 Å². The summed E-state index contributed by atoms with van der Waals surface area (Å²) in [5, 5.41) is 3.37. The number of amides is 1. The number of ether oxygens (including phenoxy) is 1. The number of thioether (sulfide) groups is 1. The summed E-state index contributed by atoms with van der Waals surface area (Å²) >= 11 is 7.56. The molecule has 0 unspecified atom stereocenters. The number of hydrogen-bond acceptors (Lipinski definition) is 4. The number of rotatable bonds is 8. The van der Waals surface area contributed by atoms with E-state index in [1.54, 1.807) is 23.9 Å². The summed E-state index contributed by atoms with van der Waals surface area (Å²) in [7, 11) is 0. The molecule has 0 spiro atoms. The minimum Gasteiger partial charge on any atom is -0.452 e. The molecule has 2 rings (SSSR count). The topological polar surface area (TPSA) is 55.4 Å². The molecule has 0 aliphatic heterocycles. The van der Waals surface area contributed by atoms with E-state index in [2.05, 4.69) is 5.32 Å². The van der Waals surface area contributed by atoms with Crippen molar-refractivity contribution in [3.05, 3.63) is 64.7 Å². The van der Waals surface area contributed by atoms with Gasteiger partial charge in [0.1, 0.15) is 0 Å². The molecular formula is C19H20ClNO3S. The van der Waals surface area contributed by atoms with Gasteiger partial charge in [-0.05, 0) is 48.4 Å². The highest BCUT2D eigenvalue weighted by molar-refractivity contribution is 7.98. The summed E-state index contributed by atoms with van der Waals surface area (Å²) in [6.45, 7) is 2.28. The number of esters is 1. The lowest BCUT2D eigenvalue weighted by Gasteiger charge is -2.07. The molecule has 132 valence electrons. The maximum atomic E-state index is 11.9. The lowest BCUT2D eigenvalue weighted by molar-refractivity contribution is -0.124. The van der Waals surface area contributed by atoms with Gasteiger partial charge in [0.05, 0.1) is 5.56 Å². The van der Waals surface area contributed by atoms with Crippen molar-refractivity contribution in [2.75, 3.05) is 13.2 Å². The molecule has 4 nitrogen and oxygen atoms in total. The predicted octanol–water partition coefficient (Wildman–Crippen LogP) is 4.32. The molecule has 1 amide bonds. The Hall–Kier alpha value is -1.98. The van der Waals surface area contributed by atoms with Crippen LogP contribution < -0.4 is 5.32 Å². The summed E-state index contributed by atoms with van der Waals surface area (Å²) in [5.74, 6) is 0.00543. The number of carbonyl (C=O) groups excluding carboxylic acids is 2. The average molecular weight is 378 g/mol. The van der Waals surface area contributed by atoms with Crippen molar-refractivity contribution < 1.29 is 14.3 Å². The van der Waals surface area contributed by atoms with Gasteiger partial charge >= 0.3 is 5.97 Å². The quantitative estimate of drug-likeness (QED) is 0.550. The monoisotopic (exact) mass is 377 g/mol. The second-order valence-corrected chi connectivity index (χ2v) is 6.85. The van der Waals surface area contributed by atoms with Crippen molar-refractivity contribution in [2.24, 2.45) is 0 Å².